The van der Waals surface area contributed by atoms with Crippen LogP contribution < -0.4 is 10.6 Å². The maximum absolute atomic E-state index is 12.1. The van der Waals surface area contributed by atoms with Crippen LogP contribution in [0, 0.1) is 5.92 Å². The minimum absolute atomic E-state index is 0.178. The Balaban J connectivity index is 1.59. The van der Waals surface area contributed by atoms with Crippen LogP contribution in [0.5, 0.6) is 0 Å². The number of anilines is 1. The number of aromatic nitrogens is 2. The molecule has 5 heteroatoms. The largest absolute Gasteiger partial charge is 0.338 e. The maximum Gasteiger partial charge on any atom is 0.319 e. The van der Waals surface area contributed by atoms with Crippen molar-refractivity contribution < 1.29 is 4.79 Å². The smallest absolute Gasteiger partial charge is 0.319 e. The summed E-state index contributed by atoms with van der Waals surface area (Å²) in [4.78, 5) is 16.7. The molecule has 0 saturated heterocycles. The van der Waals surface area contributed by atoms with Gasteiger partial charge in [0.2, 0.25) is 0 Å². The molecule has 0 saturated carbocycles. The van der Waals surface area contributed by atoms with Gasteiger partial charge in [-0.15, -0.1) is 0 Å². The SMILES string of the molecule is CCc1ccc(NC(=O)NCCc2cn(CC(C)C)c3ncccc23)cc1. The molecular weight excluding hydrogens is 336 g/mol. The summed E-state index contributed by atoms with van der Waals surface area (Å²) in [5.74, 6) is 0.554. The van der Waals surface area contributed by atoms with Gasteiger partial charge in [0.25, 0.3) is 0 Å². The topological polar surface area (TPSA) is 59.0 Å². The summed E-state index contributed by atoms with van der Waals surface area (Å²) in [6.07, 6.45) is 5.76. The number of carbonyl (C=O) groups excluding carboxylic acids is 1. The third-order valence-corrected chi connectivity index (χ3v) is 4.58. The van der Waals surface area contributed by atoms with Gasteiger partial charge < -0.3 is 15.2 Å². The van der Waals surface area contributed by atoms with Gasteiger partial charge >= 0.3 is 6.03 Å². The monoisotopic (exact) mass is 364 g/mol. The standard InChI is InChI=1S/C22H28N4O/c1-4-17-7-9-19(10-8-17)25-22(27)24-13-11-18-15-26(14-16(2)3)21-20(18)6-5-12-23-21/h5-10,12,15-16H,4,11,13-14H2,1-3H3,(H2,24,25,27). The molecule has 0 spiro atoms. The highest BCUT2D eigenvalue weighted by Gasteiger charge is 2.10. The van der Waals surface area contributed by atoms with Crippen molar-refractivity contribution in [1.82, 2.24) is 14.9 Å². The van der Waals surface area contributed by atoms with Crippen LogP contribution in [0.1, 0.15) is 31.9 Å². The minimum atomic E-state index is -0.178. The first kappa shape index (κ1) is 19.0. The van der Waals surface area contributed by atoms with Crippen molar-refractivity contribution in [2.24, 2.45) is 5.92 Å². The van der Waals surface area contributed by atoms with Crippen LogP contribution in [0.2, 0.25) is 0 Å². The number of benzene rings is 1. The minimum Gasteiger partial charge on any atom is -0.338 e. The lowest BCUT2D eigenvalue weighted by molar-refractivity contribution is 0.252. The lowest BCUT2D eigenvalue weighted by Gasteiger charge is -2.08. The third kappa shape index (κ3) is 4.88. The van der Waals surface area contributed by atoms with E-state index in [0.717, 1.165) is 36.1 Å². The van der Waals surface area contributed by atoms with Gasteiger partial charge in [-0.25, -0.2) is 9.78 Å². The first-order valence-corrected chi connectivity index (χ1v) is 9.63. The molecule has 142 valence electrons. The number of fused-ring (bicyclic) bond motifs is 1. The molecule has 0 aliphatic carbocycles. The molecule has 0 aliphatic heterocycles. The Bertz CT molecular complexity index is 896. The summed E-state index contributed by atoms with van der Waals surface area (Å²) in [5.41, 5.74) is 4.29. The highest BCUT2D eigenvalue weighted by Crippen LogP contribution is 2.21. The molecule has 5 nitrogen and oxygen atoms in total. The van der Waals surface area contributed by atoms with Gasteiger partial charge in [0.05, 0.1) is 0 Å². The van der Waals surface area contributed by atoms with E-state index in [2.05, 4.69) is 53.2 Å². The molecule has 0 fully saturated rings. The van der Waals surface area contributed by atoms with Crippen molar-refractivity contribution in [3.05, 3.63) is 59.9 Å². The molecule has 2 amide bonds. The lowest BCUT2D eigenvalue weighted by Crippen LogP contribution is -2.30. The number of rotatable bonds is 7. The second-order valence-corrected chi connectivity index (χ2v) is 7.26. The fourth-order valence-electron chi connectivity index (χ4n) is 3.24. The molecule has 2 N–H and O–H groups in total. The Kier molecular flexibility index (Phi) is 6.12. The van der Waals surface area contributed by atoms with Crippen molar-refractivity contribution in [3.8, 4) is 0 Å². The van der Waals surface area contributed by atoms with E-state index < -0.39 is 0 Å². The van der Waals surface area contributed by atoms with Crippen molar-refractivity contribution in [1.29, 1.82) is 0 Å². The van der Waals surface area contributed by atoms with E-state index in [-0.39, 0.29) is 6.03 Å². The van der Waals surface area contributed by atoms with Gasteiger partial charge in [-0.1, -0.05) is 32.9 Å². The van der Waals surface area contributed by atoms with Crippen molar-refractivity contribution >= 4 is 22.8 Å². The number of urea groups is 1. The summed E-state index contributed by atoms with van der Waals surface area (Å²) in [6.45, 7) is 8.04. The van der Waals surface area contributed by atoms with Crippen LogP contribution >= 0.6 is 0 Å². The molecule has 2 heterocycles. The molecule has 1 aromatic carbocycles. The number of hydrogen-bond acceptors (Lipinski definition) is 2. The molecule has 2 aromatic heterocycles. The molecule has 0 aliphatic rings. The second-order valence-electron chi connectivity index (χ2n) is 7.26. The van der Waals surface area contributed by atoms with Crippen molar-refractivity contribution in [2.45, 2.75) is 40.2 Å². The quantitative estimate of drug-likeness (QED) is 0.643. The second kappa shape index (κ2) is 8.71. The first-order chi connectivity index (χ1) is 13.1. The summed E-state index contributed by atoms with van der Waals surface area (Å²) in [5, 5.41) is 6.99. The van der Waals surface area contributed by atoms with E-state index in [1.165, 1.54) is 11.1 Å². The third-order valence-electron chi connectivity index (χ3n) is 4.58. The fraction of sp³-hybridized carbons (Fsp3) is 0.364. The van der Waals surface area contributed by atoms with Crippen LogP contribution in [0.4, 0.5) is 10.5 Å². The molecular formula is C22H28N4O. The highest BCUT2D eigenvalue weighted by molar-refractivity contribution is 5.89. The van der Waals surface area contributed by atoms with Gasteiger partial charge in [-0.05, 0) is 54.2 Å². The Hall–Kier alpha value is -2.82. The highest BCUT2D eigenvalue weighted by atomic mass is 16.2. The van der Waals surface area contributed by atoms with Gasteiger partial charge in [0, 0.05) is 36.6 Å². The number of amides is 2. The molecule has 0 atom stereocenters. The van der Waals surface area contributed by atoms with Crippen LogP contribution in [-0.4, -0.2) is 22.1 Å². The summed E-state index contributed by atoms with van der Waals surface area (Å²) in [6, 6.07) is 11.8. The van der Waals surface area contributed by atoms with Crippen LogP contribution in [-0.2, 0) is 19.4 Å². The fourth-order valence-corrected chi connectivity index (χ4v) is 3.24. The average Bonchev–Trinajstić information content (AvgIpc) is 3.00. The number of aryl methyl sites for hydroxylation is 1. The van der Waals surface area contributed by atoms with E-state index in [1.54, 1.807) is 0 Å². The number of carbonyl (C=O) groups is 1. The predicted octanol–water partition coefficient (Wildman–Crippen LogP) is 4.62. The number of pyridine rings is 1. The van der Waals surface area contributed by atoms with Crippen LogP contribution in [0.25, 0.3) is 11.0 Å². The summed E-state index contributed by atoms with van der Waals surface area (Å²) in [7, 11) is 0. The van der Waals surface area contributed by atoms with Crippen molar-refractivity contribution in [3.63, 3.8) is 0 Å². The maximum atomic E-state index is 12.1. The van der Waals surface area contributed by atoms with Gasteiger partial charge in [-0.3, -0.25) is 0 Å². The molecule has 0 radical (unpaired) electrons. The predicted molar refractivity (Wildman–Crippen MR) is 111 cm³/mol. The molecule has 0 unspecified atom stereocenters. The molecule has 3 aromatic rings. The van der Waals surface area contributed by atoms with Crippen molar-refractivity contribution in [2.75, 3.05) is 11.9 Å². The Labute approximate surface area is 160 Å². The van der Waals surface area contributed by atoms with E-state index >= 15 is 0 Å². The van der Waals surface area contributed by atoms with E-state index in [4.69, 9.17) is 0 Å². The average molecular weight is 364 g/mol. The van der Waals surface area contributed by atoms with E-state index in [9.17, 15) is 4.79 Å². The zero-order valence-corrected chi connectivity index (χ0v) is 16.3. The van der Waals surface area contributed by atoms with Gasteiger partial charge in [0.1, 0.15) is 5.65 Å². The number of nitrogens with zero attached hydrogens (tertiary/aromatic N) is 2. The van der Waals surface area contributed by atoms with E-state index in [1.807, 2.05) is 36.5 Å². The Morgan fingerprint density at radius 2 is 1.96 bits per heavy atom. The summed E-state index contributed by atoms with van der Waals surface area (Å²) < 4.78 is 2.21. The Morgan fingerprint density at radius 1 is 1.19 bits per heavy atom. The van der Waals surface area contributed by atoms with Crippen LogP contribution in [0.15, 0.2) is 48.8 Å². The number of hydrogen-bond donors (Lipinski definition) is 2. The zero-order valence-electron chi connectivity index (χ0n) is 16.3. The van der Waals surface area contributed by atoms with Gasteiger partial charge in [0.15, 0.2) is 0 Å². The first-order valence-electron chi connectivity index (χ1n) is 9.63. The normalized spacial score (nSPS) is 11.1. The lowest BCUT2D eigenvalue weighted by atomic mass is 10.1. The summed E-state index contributed by atoms with van der Waals surface area (Å²) >= 11 is 0. The van der Waals surface area contributed by atoms with Gasteiger partial charge in [-0.2, -0.15) is 0 Å². The molecule has 27 heavy (non-hydrogen) atoms. The molecule has 3 rings (SSSR count). The Morgan fingerprint density at radius 3 is 2.67 bits per heavy atom. The van der Waals surface area contributed by atoms with Crippen LogP contribution in [0.3, 0.4) is 0 Å². The molecule has 0 bridgehead atoms. The zero-order chi connectivity index (χ0) is 19.2. The number of nitrogens with one attached hydrogen (secondary N) is 2. The van der Waals surface area contributed by atoms with E-state index in [0.29, 0.717) is 12.5 Å².